The topological polar surface area (TPSA) is 53.1 Å². The first-order valence-corrected chi connectivity index (χ1v) is 8.93. The van der Waals surface area contributed by atoms with Crippen molar-refractivity contribution in [1.82, 2.24) is 14.7 Å². The number of carbonyl (C=O) groups is 2. The SMILES string of the molecule is O=C(/C=C/c1ccccc1F)N1CCN(C(=O)CN2CCOCC2)CC1. The van der Waals surface area contributed by atoms with Crippen LogP contribution in [-0.4, -0.2) is 85.5 Å². The number of hydrogen-bond acceptors (Lipinski definition) is 4. The van der Waals surface area contributed by atoms with Gasteiger partial charge in [0.05, 0.1) is 19.8 Å². The third kappa shape index (κ3) is 4.89. The van der Waals surface area contributed by atoms with Crippen LogP contribution in [0.15, 0.2) is 30.3 Å². The summed E-state index contributed by atoms with van der Waals surface area (Å²) in [5.74, 6) is -0.412. The number of halogens is 1. The van der Waals surface area contributed by atoms with Gasteiger partial charge in [-0.1, -0.05) is 18.2 Å². The zero-order valence-corrected chi connectivity index (χ0v) is 14.8. The molecular formula is C19H24FN3O3. The van der Waals surface area contributed by atoms with E-state index in [1.165, 1.54) is 18.2 Å². The average Bonchev–Trinajstić information content (AvgIpc) is 2.68. The van der Waals surface area contributed by atoms with E-state index in [0.717, 1.165) is 13.1 Å². The standard InChI is InChI=1S/C19H24FN3O3/c20-17-4-2-1-3-16(17)5-6-18(24)22-7-9-23(10-8-22)19(25)15-21-11-13-26-14-12-21/h1-6H,7-15H2/b6-5+. The van der Waals surface area contributed by atoms with Crippen LogP contribution in [0.5, 0.6) is 0 Å². The van der Waals surface area contributed by atoms with Crippen LogP contribution in [0.25, 0.3) is 6.08 Å². The zero-order chi connectivity index (χ0) is 18.4. The maximum absolute atomic E-state index is 13.6. The van der Waals surface area contributed by atoms with Crippen LogP contribution in [0, 0.1) is 5.82 Å². The number of morpholine rings is 1. The summed E-state index contributed by atoms with van der Waals surface area (Å²) >= 11 is 0. The van der Waals surface area contributed by atoms with E-state index in [1.54, 1.807) is 28.0 Å². The van der Waals surface area contributed by atoms with Crippen molar-refractivity contribution in [3.05, 3.63) is 41.7 Å². The molecule has 2 aliphatic rings. The summed E-state index contributed by atoms with van der Waals surface area (Å²) < 4.78 is 18.9. The molecule has 0 aliphatic carbocycles. The molecule has 2 saturated heterocycles. The molecule has 0 N–H and O–H groups in total. The number of nitrogens with zero attached hydrogens (tertiary/aromatic N) is 3. The molecule has 7 heteroatoms. The normalized spacial score (nSPS) is 19.1. The number of rotatable bonds is 4. The van der Waals surface area contributed by atoms with Crippen molar-refractivity contribution in [2.45, 2.75) is 0 Å². The molecule has 1 aromatic rings. The first-order chi connectivity index (χ1) is 12.6. The first-order valence-electron chi connectivity index (χ1n) is 8.93. The highest BCUT2D eigenvalue weighted by Crippen LogP contribution is 2.10. The zero-order valence-electron chi connectivity index (χ0n) is 14.8. The summed E-state index contributed by atoms with van der Waals surface area (Å²) in [6, 6.07) is 6.33. The van der Waals surface area contributed by atoms with E-state index in [9.17, 15) is 14.0 Å². The second kappa shape index (κ2) is 8.91. The number of hydrogen-bond donors (Lipinski definition) is 0. The Morgan fingerprint density at radius 1 is 1.00 bits per heavy atom. The minimum Gasteiger partial charge on any atom is -0.379 e. The van der Waals surface area contributed by atoms with E-state index < -0.39 is 0 Å². The molecule has 6 nitrogen and oxygen atoms in total. The minimum absolute atomic E-state index is 0.0981. The van der Waals surface area contributed by atoms with Gasteiger partial charge in [0.15, 0.2) is 0 Å². The van der Waals surface area contributed by atoms with Gasteiger partial charge in [-0.3, -0.25) is 14.5 Å². The summed E-state index contributed by atoms with van der Waals surface area (Å²) in [6.07, 6.45) is 2.89. The molecule has 26 heavy (non-hydrogen) atoms. The molecule has 0 spiro atoms. The van der Waals surface area contributed by atoms with Crippen LogP contribution < -0.4 is 0 Å². The highest BCUT2D eigenvalue weighted by Gasteiger charge is 2.24. The Morgan fingerprint density at radius 3 is 2.35 bits per heavy atom. The van der Waals surface area contributed by atoms with Crippen molar-refractivity contribution in [3.8, 4) is 0 Å². The lowest BCUT2D eigenvalue weighted by atomic mass is 10.2. The molecule has 0 unspecified atom stereocenters. The number of benzene rings is 1. The van der Waals surface area contributed by atoms with E-state index in [2.05, 4.69) is 4.90 Å². The number of carbonyl (C=O) groups excluding carboxylic acids is 2. The number of ether oxygens (including phenoxy) is 1. The Morgan fingerprint density at radius 2 is 1.65 bits per heavy atom. The minimum atomic E-state index is -0.352. The van der Waals surface area contributed by atoms with Crippen molar-refractivity contribution in [2.24, 2.45) is 0 Å². The quantitative estimate of drug-likeness (QED) is 0.746. The summed E-state index contributed by atoms with van der Waals surface area (Å²) in [6.45, 7) is 5.36. The molecule has 2 heterocycles. The molecule has 2 amide bonds. The largest absolute Gasteiger partial charge is 0.379 e. The lowest BCUT2D eigenvalue weighted by Gasteiger charge is -2.36. The van der Waals surface area contributed by atoms with Crippen molar-refractivity contribution in [1.29, 1.82) is 0 Å². The monoisotopic (exact) mass is 361 g/mol. The van der Waals surface area contributed by atoms with Gasteiger partial charge in [-0.2, -0.15) is 0 Å². The Hall–Kier alpha value is -2.25. The Balaban J connectivity index is 1.46. The van der Waals surface area contributed by atoms with Gasteiger partial charge in [-0.25, -0.2) is 4.39 Å². The van der Waals surface area contributed by atoms with Crippen LogP contribution in [0.3, 0.4) is 0 Å². The number of piperazine rings is 1. The van der Waals surface area contributed by atoms with Crippen LogP contribution >= 0.6 is 0 Å². The van der Waals surface area contributed by atoms with Crippen molar-refractivity contribution in [3.63, 3.8) is 0 Å². The van der Waals surface area contributed by atoms with Gasteiger partial charge in [0.1, 0.15) is 5.82 Å². The van der Waals surface area contributed by atoms with Gasteiger partial charge in [-0.05, 0) is 12.1 Å². The van der Waals surface area contributed by atoms with Crippen molar-refractivity contribution in [2.75, 3.05) is 59.0 Å². The second-order valence-electron chi connectivity index (χ2n) is 6.45. The second-order valence-corrected chi connectivity index (χ2v) is 6.45. The van der Waals surface area contributed by atoms with E-state index in [0.29, 0.717) is 51.5 Å². The summed E-state index contributed by atoms with van der Waals surface area (Å²) in [5.41, 5.74) is 0.389. The Bertz CT molecular complexity index is 666. The summed E-state index contributed by atoms with van der Waals surface area (Å²) in [7, 11) is 0. The predicted octanol–water partition coefficient (Wildman–Crippen LogP) is 0.842. The maximum Gasteiger partial charge on any atom is 0.246 e. The fourth-order valence-corrected chi connectivity index (χ4v) is 3.10. The third-order valence-electron chi connectivity index (χ3n) is 4.72. The van der Waals surface area contributed by atoms with Gasteiger partial charge >= 0.3 is 0 Å². The molecule has 0 atom stereocenters. The number of amides is 2. The highest BCUT2D eigenvalue weighted by atomic mass is 19.1. The Kier molecular flexibility index (Phi) is 6.35. The fourth-order valence-electron chi connectivity index (χ4n) is 3.10. The molecule has 2 aliphatic heterocycles. The van der Waals surface area contributed by atoms with E-state index in [4.69, 9.17) is 4.74 Å². The van der Waals surface area contributed by atoms with Crippen LogP contribution in [0.1, 0.15) is 5.56 Å². The molecule has 3 rings (SSSR count). The van der Waals surface area contributed by atoms with E-state index >= 15 is 0 Å². The van der Waals surface area contributed by atoms with Gasteiger partial charge in [0.25, 0.3) is 0 Å². The molecule has 2 fully saturated rings. The fraction of sp³-hybridized carbons (Fsp3) is 0.474. The van der Waals surface area contributed by atoms with Crippen molar-refractivity contribution >= 4 is 17.9 Å². The third-order valence-corrected chi connectivity index (χ3v) is 4.72. The molecule has 1 aromatic carbocycles. The summed E-state index contributed by atoms with van der Waals surface area (Å²) in [5, 5.41) is 0. The molecule has 0 radical (unpaired) electrons. The lowest BCUT2D eigenvalue weighted by molar-refractivity contribution is -0.138. The van der Waals surface area contributed by atoms with Crippen LogP contribution in [0.4, 0.5) is 4.39 Å². The predicted molar refractivity (Wildman–Crippen MR) is 95.9 cm³/mol. The molecule has 0 bridgehead atoms. The van der Waals surface area contributed by atoms with Crippen LogP contribution in [0.2, 0.25) is 0 Å². The summed E-state index contributed by atoms with van der Waals surface area (Å²) in [4.78, 5) is 30.2. The first kappa shape index (κ1) is 18.5. The molecule has 0 aromatic heterocycles. The van der Waals surface area contributed by atoms with Crippen molar-refractivity contribution < 1.29 is 18.7 Å². The van der Waals surface area contributed by atoms with Gasteiger partial charge in [0, 0.05) is 50.9 Å². The Labute approximate surface area is 152 Å². The van der Waals surface area contributed by atoms with E-state index in [1.807, 2.05) is 0 Å². The van der Waals surface area contributed by atoms with Gasteiger partial charge in [-0.15, -0.1) is 0 Å². The van der Waals surface area contributed by atoms with E-state index in [-0.39, 0.29) is 17.6 Å². The highest BCUT2D eigenvalue weighted by molar-refractivity contribution is 5.92. The lowest BCUT2D eigenvalue weighted by Crippen LogP contribution is -2.53. The van der Waals surface area contributed by atoms with Gasteiger partial charge < -0.3 is 14.5 Å². The average molecular weight is 361 g/mol. The van der Waals surface area contributed by atoms with Gasteiger partial charge in [0.2, 0.25) is 11.8 Å². The molecular weight excluding hydrogens is 337 g/mol. The van der Waals surface area contributed by atoms with Crippen LogP contribution in [-0.2, 0) is 14.3 Å². The smallest absolute Gasteiger partial charge is 0.246 e. The maximum atomic E-state index is 13.6. The molecule has 140 valence electrons. The molecule has 0 saturated carbocycles.